The number of aliphatic imine (C=N–C) groups is 1. The number of rotatable bonds is 11. The number of methoxy groups -OCH3 is 1. The quantitative estimate of drug-likeness (QED) is 0.233. The van der Waals surface area contributed by atoms with Crippen molar-refractivity contribution in [3.05, 3.63) is 29.8 Å². The highest BCUT2D eigenvalue weighted by Crippen LogP contribution is 2.43. The Morgan fingerprint density at radius 3 is 2.66 bits per heavy atom. The lowest BCUT2D eigenvalue weighted by molar-refractivity contribution is -0.116. The van der Waals surface area contributed by atoms with E-state index in [1.807, 2.05) is 31.2 Å². The summed E-state index contributed by atoms with van der Waals surface area (Å²) >= 11 is 0. The number of hydrogen-bond acceptors (Lipinski definition) is 3. The third kappa shape index (κ3) is 8.90. The Morgan fingerprint density at radius 2 is 2.03 bits per heavy atom. The van der Waals surface area contributed by atoms with Crippen molar-refractivity contribution < 1.29 is 9.53 Å². The Kier molecular flexibility index (Phi) is 12.2. The van der Waals surface area contributed by atoms with Gasteiger partial charge in [0, 0.05) is 38.9 Å². The Labute approximate surface area is 192 Å². The summed E-state index contributed by atoms with van der Waals surface area (Å²) in [5.41, 5.74) is 2.25. The first-order valence-electron chi connectivity index (χ1n) is 10.5. The smallest absolute Gasteiger partial charge is 0.224 e. The van der Waals surface area contributed by atoms with Gasteiger partial charge in [-0.1, -0.05) is 25.5 Å². The first-order valence-corrected chi connectivity index (χ1v) is 10.5. The van der Waals surface area contributed by atoms with Gasteiger partial charge in [0.1, 0.15) is 0 Å². The Bertz CT molecular complexity index is 647. The van der Waals surface area contributed by atoms with Crippen LogP contribution in [0.25, 0.3) is 0 Å². The van der Waals surface area contributed by atoms with Crippen LogP contribution in [-0.2, 0) is 16.1 Å². The molecule has 0 unspecified atom stereocenters. The van der Waals surface area contributed by atoms with Gasteiger partial charge in [-0.15, -0.1) is 24.0 Å². The molecule has 0 atom stereocenters. The van der Waals surface area contributed by atoms with Crippen LogP contribution in [0.5, 0.6) is 0 Å². The maximum atomic E-state index is 11.8. The molecule has 7 heteroatoms. The van der Waals surface area contributed by atoms with Crippen LogP contribution in [0.3, 0.4) is 0 Å². The number of nitrogens with zero attached hydrogens (tertiary/aromatic N) is 1. The fourth-order valence-electron chi connectivity index (χ4n) is 3.49. The molecule has 164 valence electrons. The summed E-state index contributed by atoms with van der Waals surface area (Å²) in [6, 6.07) is 7.91. The molecular weight excluding hydrogens is 479 g/mol. The number of carbonyl (C=O) groups excluding carboxylic acids is 1. The minimum absolute atomic E-state index is 0. The van der Waals surface area contributed by atoms with Crippen LogP contribution >= 0.6 is 24.0 Å². The fraction of sp³-hybridized carbons (Fsp3) is 0.636. The van der Waals surface area contributed by atoms with Gasteiger partial charge in [0.15, 0.2) is 5.96 Å². The van der Waals surface area contributed by atoms with Gasteiger partial charge in [0.2, 0.25) is 5.91 Å². The summed E-state index contributed by atoms with van der Waals surface area (Å²) in [4.78, 5) is 16.5. The second-order valence-corrected chi connectivity index (χ2v) is 7.64. The molecule has 1 aliphatic carbocycles. The number of benzene rings is 1. The average molecular weight is 516 g/mol. The van der Waals surface area contributed by atoms with Crippen molar-refractivity contribution in [2.24, 2.45) is 10.4 Å². The summed E-state index contributed by atoms with van der Waals surface area (Å²) in [6.07, 6.45) is 6.29. The molecule has 1 fully saturated rings. The molecule has 1 aliphatic rings. The second kappa shape index (κ2) is 13.8. The standard InChI is InChI=1S/C22H36N4O2.HI/c1-4-8-20(27)26-19-10-6-9-18(15-19)16-24-21(23-5-2)25-17-22(11-7-12-22)13-14-28-3;/h6,9-10,15H,4-5,7-8,11-14,16-17H2,1-3H3,(H,26,27)(H2,23,24,25);1H. The van der Waals surface area contributed by atoms with E-state index in [2.05, 4.69) is 22.9 Å². The van der Waals surface area contributed by atoms with Crippen LogP contribution in [0.4, 0.5) is 5.69 Å². The van der Waals surface area contributed by atoms with E-state index in [9.17, 15) is 4.79 Å². The van der Waals surface area contributed by atoms with E-state index in [4.69, 9.17) is 9.73 Å². The summed E-state index contributed by atoms with van der Waals surface area (Å²) < 4.78 is 5.28. The predicted molar refractivity (Wildman–Crippen MR) is 131 cm³/mol. The van der Waals surface area contributed by atoms with Crippen LogP contribution in [0.2, 0.25) is 0 Å². The van der Waals surface area contributed by atoms with Crippen molar-refractivity contribution in [2.75, 3.05) is 32.1 Å². The fourth-order valence-corrected chi connectivity index (χ4v) is 3.49. The lowest BCUT2D eigenvalue weighted by atomic mass is 9.67. The molecule has 0 heterocycles. The highest BCUT2D eigenvalue weighted by molar-refractivity contribution is 14.0. The van der Waals surface area contributed by atoms with E-state index in [1.165, 1.54) is 19.3 Å². The van der Waals surface area contributed by atoms with Gasteiger partial charge in [0.25, 0.3) is 0 Å². The number of ether oxygens (including phenoxy) is 1. The van der Waals surface area contributed by atoms with Gasteiger partial charge in [0.05, 0.1) is 6.54 Å². The molecule has 6 nitrogen and oxygen atoms in total. The molecule has 0 bridgehead atoms. The zero-order chi connectivity index (χ0) is 20.2. The SMILES string of the molecule is CCCC(=O)Nc1cccc(CN=C(NCC)NCC2(CCOC)CCC2)c1.I. The largest absolute Gasteiger partial charge is 0.385 e. The topological polar surface area (TPSA) is 74.8 Å². The Hall–Kier alpha value is -1.35. The van der Waals surface area contributed by atoms with E-state index < -0.39 is 0 Å². The van der Waals surface area contributed by atoms with Gasteiger partial charge >= 0.3 is 0 Å². The number of guanidine groups is 1. The normalized spacial score (nSPS) is 15.1. The number of carbonyl (C=O) groups is 1. The van der Waals surface area contributed by atoms with Crippen molar-refractivity contribution in [1.29, 1.82) is 0 Å². The third-order valence-electron chi connectivity index (χ3n) is 5.33. The maximum absolute atomic E-state index is 11.8. The highest BCUT2D eigenvalue weighted by Gasteiger charge is 2.36. The minimum atomic E-state index is 0. The van der Waals surface area contributed by atoms with Gasteiger partial charge in [-0.2, -0.15) is 0 Å². The number of hydrogen-bond donors (Lipinski definition) is 3. The van der Waals surface area contributed by atoms with E-state index in [0.29, 0.717) is 18.4 Å². The summed E-state index contributed by atoms with van der Waals surface area (Å²) in [5.74, 6) is 0.895. The molecular formula is C22H37IN4O2. The molecule has 0 aromatic heterocycles. The monoisotopic (exact) mass is 516 g/mol. The van der Waals surface area contributed by atoms with Crippen LogP contribution in [0.15, 0.2) is 29.3 Å². The highest BCUT2D eigenvalue weighted by atomic mass is 127. The summed E-state index contributed by atoms with van der Waals surface area (Å²) in [5, 5.41) is 9.80. The Balaban J connectivity index is 0.00000420. The van der Waals surface area contributed by atoms with Crippen molar-refractivity contribution in [2.45, 2.75) is 58.9 Å². The van der Waals surface area contributed by atoms with Gasteiger partial charge in [-0.05, 0) is 55.7 Å². The first kappa shape index (κ1) is 25.7. The van der Waals surface area contributed by atoms with Crippen LogP contribution in [0.1, 0.15) is 57.9 Å². The van der Waals surface area contributed by atoms with Crippen LogP contribution in [0, 0.1) is 5.41 Å². The first-order chi connectivity index (χ1) is 13.6. The molecule has 0 spiro atoms. The van der Waals surface area contributed by atoms with Crippen molar-refractivity contribution >= 4 is 41.5 Å². The lowest BCUT2D eigenvalue weighted by Gasteiger charge is -2.42. The molecule has 0 radical (unpaired) electrons. The zero-order valence-electron chi connectivity index (χ0n) is 18.1. The molecule has 2 rings (SSSR count). The number of nitrogens with one attached hydrogen (secondary N) is 3. The van der Waals surface area contributed by atoms with Crippen LogP contribution in [-0.4, -0.2) is 38.7 Å². The molecule has 29 heavy (non-hydrogen) atoms. The van der Waals surface area contributed by atoms with Crippen molar-refractivity contribution in [3.8, 4) is 0 Å². The second-order valence-electron chi connectivity index (χ2n) is 7.64. The molecule has 1 amide bonds. The number of anilines is 1. The molecule has 1 aromatic carbocycles. The minimum Gasteiger partial charge on any atom is -0.385 e. The third-order valence-corrected chi connectivity index (χ3v) is 5.33. The zero-order valence-corrected chi connectivity index (χ0v) is 20.4. The summed E-state index contributed by atoms with van der Waals surface area (Å²) in [6.45, 7) is 7.21. The van der Waals surface area contributed by atoms with E-state index >= 15 is 0 Å². The molecule has 1 saturated carbocycles. The molecule has 3 N–H and O–H groups in total. The van der Waals surface area contributed by atoms with E-state index in [1.54, 1.807) is 7.11 Å². The van der Waals surface area contributed by atoms with Gasteiger partial charge in [-0.25, -0.2) is 4.99 Å². The average Bonchev–Trinajstić information content (AvgIpc) is 2.65. The van der Waals surface area contributed by atoms with E-state index in [-0.39, 0.29) is 29.9 Å². The van der Waals surface area contributed by atoms with Gasteiger partial charge in [-0.3, -0.25) is 4.79 Å². The molecule has 0 saturated heterocycles. The number of amides is 1. The molecule has 0 aliphatic heterocycles. The maximum Gasteiger partial charge on any atom is 0.224 e. The van der Waals surface area contributed by atoms with E-state index in [0.717, 1.165) is 49.7 Å². The molecule has 1 aromatic rings. The predicted octanol–water partition coefficient (Wildman–Crippen LogP) is 4.31. The number of halogens is 1. The van der Waals surface area contributed by atoms with Crippen molar-refractivity contribution in [1.82, 2.24) is 10.6 Å². The van der Waals surface area contributed by atoms with Crippen molar-refractivity contribution in [3.63, 3.8) is 0 Å². The van der Waals surface area contributed by atoms with Crippen LogP contribution < -0.4 is 16.0 Å². The Morgan fingerprint density at radius 1 is 1.24 bits per heavy atom. The lowest BCUT2D eigenvalue weighted by Crippen LogP contribution is -2.46. The van der Waals surface area contributed by atoms with Gasteiger partial charge < -0.3 is 20.7 Å². The summed E-state index contributed by atoms with van der Waals surface area (Å²) in [7, 11) is 1.77.